The van der Waals surface area contributed by atoms with Crippen molar-refractivity contribution in [3.8, 4) is 16.9 Å². The summed E-state index contributed by atoms with van der Waals surface area (Å²) in [6.45, 7) is 2.11. The van der Waals surface area contributed by atoms with Crippen LogP contribution in [-0.2, 0) is 17.6 Å². The number of rotatable bonds is 7. The molecule has 0 aliphatic rings. The highest BCUT2D eigenvalue weighted by Gasteiger charge is 2.30. The molecule has 3 nitrogen and oxygen atoms in total. The van der Waals surface area contributed by atoms with E-state index in [2.05, 4.69) is 0 Å². The van der Waals surface area contributed by atoms with Gasteiger partial charge < -0.3 is 9.84 Å². The molecule has 3 aromatic rings. The summed E-state index contributed by atoms with van der Waals surface area (Å²) in [6, 6.07) is 19.7. The van der Waals surface area contributed by atoms with Crippen LogP contribution < -0.4 is 4.74 Å². The van der Waals surface area contributed by atoms with Gasteiger partial charge in [0.2, 0.25) is 0 Å². The summed E-state index contributed by atoms with van der Waals surface area (Å²) in [6.07, 6.45) is -4.33. The molecule has 0 saturated carbocycles. The molecule has 1 N–H and O–H groups in total. The van der Waals surface area contributed by atoms with Gasteiger partial charge in [-0.1, -0.05) is 49.4 Å². The van der Waals surface area contributed by atoms with Crippen LogP contribution in [0, 0.1) is 0 Å². The fraction of sp³-hybridized carbons (Fsp3) is 0.208. The van der Waals surface area contributed by atoms with E-state index in [1.807, 2.05) is 25.1 Å². The molecule has 3 aromatic carbocycles. The fourth-order valence-corrected chi connectivity index (χ4v) is 3.15. The minimum absolute atomic E-state index is 0.0581. The van der Waals surface area contributed by atoms with E-state index in [0.717, 1.165) is 23.3 Å². The number of aliphatic carboxylic acids is 1. The molecule has 0 saturated heterocycles. The van der Waals surface area contributed by atoms with Crippen LogP contribution in [0.25, 0.3) is 11.1 Å². The molecule has 0 aliphatic heterocycles. The van der Waals surface area contributed by atoms with E-state index in [0.29, 0.717) is 16.9 Å². The van der Waals surface area contributed by atoms with Crippen molar-refractivity contribution in [1.29, 1.82) is 0 Å². The third kappa shape index (κ3) is 5.63. The monoisotopic (exact) mass is 414 g/mol. The Bertz CT molecular complexity index is 1010. The Balaban J connectivity index is 1.68. The Hall–Kier alpha value is -3.28. The van der Waals surface area contributed by atoms with Crippen LogP contribution >= 0.6 is 0 Å². The second kappa shape index (κ2) is 9.03. The first-order chi connectivity index (χ1) is 14.2. The second-order valence-corrected chi connectivity index (χ2v) is 7.14. The molecule has 0 spiro atoms. The average molecular weight is 414 g/mol. The van der Waals surface area contributed by atoms with Gasteiger partial charge in [-0.15, -0.1) is 0 Å². The van der Waals surface area contributed by atoms with Gasteiger partial charge in [-0.25, -0.2) is 0 Å². The van der Waals surface area contributed by atoms with Gasteiger partial charge in [0.05, 0.1) is 12.0 Å². The van der Waals surface area contributed by atoms with E-state index in [4.69, 9.17) is 9.84 Å². The van der Waals surface area contributed by atoms with Crippen molar-refractivity contribution in [3.63, 3.8) is 0 Å². The topological polar surface area (TPSA) is 46.5 Å². The maximum Gasteiger partial charge on any atom is 0.416 e. The van der Waals surface area contributed by atoms with E-state index in [1.54, 1.807) is 36.4 Å². The number of carboxylic acids is 1. The highest BCUT2D eigenvalue weighted by Crippen LogP contribution is 2.32. The molecular formula is C24H21F3O3. The lowest BCUT2D eigenvalue weighted by molar-refractivity contribution is -0.138. The predicted molar refractivity (Wildman–Crippen MR) is 108 cm³/mol. The van der Waals surface area contributed by atoms with Gasteiger partial charge in [0.25, 0.3) is 0 Å². The van der Waals surface area contributed by atoms with Crippen LogP contribution in [0.1, 0.15) is 36.0 Å². The minimum atomic E-state index is -4.38. The van der Waals surface area contributed by atoms with Gasteiger partial charge in [-0.3, -0.25) is 4.79 Å². The summed E-state index contributed by atoms with van der Waals surface area (Å²) < 4.78 is 44.7. The van der Waals surface area contributed by atoms with E-state index < -0.39 is 17.7 Å². The molecule has 30 heavy (non-hydrogen) atoms. The number of hydrogen-bond acceptors (Lipinski definition) is 2. The lowest BCUT2D eigenvalue weighted by Gasteiger charge is -2.12. The Kier molecular flexibility index (Phi) is 6.45. The number of carboxylic acid groups (broad SMARTS) is 1. The Morgan fingerprint density at radius 2 is 1.60 bits per heavy atom. The SMILES string of the molecule is CC(CC(=O)O)c1ccc(OCc2cccc(-c3cccc(C(F)(F)F)c3)c2)cc1. The summed E-state index contributed by atoms with van der Waals surface area (Å²) in [4.78, 5) is 10.8. The molecule has 0 aliphatic carbocycles. The third-order valence-corrected chi connectivity index (χ3v) is 4.79. The van der Waals surface area contributed by atoms with Crippen LogP contribution in [0.15, 0.2) is 72.8 Å². The number of ether oxygens (including phenoxy) is 1. The number of alkyl halides is 3. The summed E-state index contributed by atoms with van der Waals surface area (Å²) in [5, 5.41) is 8.89. The highest BCUT2D eigenvalue weighted by molar-refractivity contribution is 5.68. The zero-order valence-corrected chi connectivity index (χ0v) is 16.3. The van der Waals surface area contributed by atoms with Crippen LogP contribution in [0.4, 0.5) is 13.2 Å². The van der Waals surface area contributed by atoms with Crippen LogP contribution in [-0.4, -0.2) is 11.1 Å². The van der Waals surface area contributed by atoms with Crippen LogP contribution in [0.3, 0.4) is 0 Å². The van der Waals surface area contributed by atoms with Crippen molar-refractivity contribution in [1.82, 2.24) is 0 Å². The van der Waals surface area contributed by atoms with E-state index in [-0.39, 0.29) is 18.9 Å². The predicted octanol–water partition coefficient (Wildman–Crippen LogP) is 6.53. The molecule has 0 fully saturated rings. The van der Waals surface area contributed by atoms with E-state index in [1.165, 1.54) is 6.07 Å². The average Bonchev–Trinajstić information content (AvgIpc) is 2.72. The summed E-state index contributed by atoms with van der Waals surface area (Å²) in [7, 11) is 0. The summed E-state index contributed by atoms with van der Waals surface area (Å²) in [5.41, 5.74) is 2.23. The molecule has 1 unspecified atom stereocenters. The Morgan fingerprint density at radius 1 is 0.967 bits per heavy atom. The molecule has 0 aromatic heterocycles. The van der Waals surface area contributed by atoms with Gasteiger partial charge >= 0.3 is 12.1 Å². The summed E-state index contributed by atoms with van der Waals surface area (Å²) in [5.74, 6) is -0.310. The third-order valence-electron chi connectivity index (χ3n) is 4.79. The molecule has 156 valence electrons. The quantitative estimate of drug-likeness (QED) is 0.478. The lowest BCUT2D eigenvalue weighted by Crippen LogP contribution is -2.04. The zero-order chi connectivity index (χ0) is 21.7. The number of benzene rings is 3. The molecule has 3 rings (SSSR count). The number of halogens is 3. The van der Waals surface area contributed by atoms with Gasteiger partial charge in [0, 0.05) is 0 Å². The van der Waals surface area contributed by atoms with E-state index >= 15 is 0 Å². The van der Waals surface area contributed by atoms with Gasteiger partial charge in [0.1, 0.15) is 12.4 Å². The van der Waals surface area contributed by atoms with Gasteiger partial charge in [-0.2, -0.15) is 13.2 Å². The molecule has 0 bridgehead atoms. The standard InChI is InChI=1S/C24H21F3O3/c1-16(12-23(28)29)18-8-10-22(11-9-18)30-15-17-4-2-5-19(13-17)20-6-3-7-21(14-20)24(25,26)27/h2-11,13-14,16H,12,15H2,1H3,(H,28,29). The fourth-order valence-electron chi connectivity index (χ4n) is 3.15. The zero-order valence-electron chi connectivity index (χ0n) is 16.3. The lowest BCUT2D eigenvalue weighted by atomic mass is 9.98. The van der Waals surface area contributed by atoms with Gasteiger partial charge in [-0.05, 0) is 58.5 Å². The minimum Gasteiger partial charge on any atom is -0.489 e. The molecule has 1 atom stereocenters. The molecular weight excluding hydrogens is 393 g/mol. The van der Waals surface area contributed by atoms with Crippen molar-refractivity contribution >= 4 is 5.97 Å². The Morgan fingerprint density at radius 3 is 2.23 bits per heavy atom. The van der Waals surface area contributed by atoms with Gasteiger partial charge in [0.15, 0.2) is 0 Å². The maximum absolute atomic E-state index is 13.0. The molecule has 0 radical (unpaired) electrons. The number of carbonyl (C=O) groups is 1. The van der Waals surface area contributed by atoms with Crippen LogP contribution in [0.5, 0.6) is 5.75 Å². The largest absolute Gasteiger partial charge is 0.489 e. The van der Waals surface area contributed by atoms with Crippen molar-refractivity contribution in [2.45, 2.75) is 32.0 Å². The van der Waals surface area contributed by atoms with Crippen molar-refractivity contribution in [3.05, 3.63) is 89.5 Å². The van der Waals surface area contributed by atoms with Crippen molar-refractivity contribution < 1.29 is 27.8 Å². The Labute approximate surface area is 172 Å². The molecule has 6 heteroatoms. The van der Waals surface area contributed by atoms with E-state index in [9.17, 15) is 18.0 Å². The smallest absolute Gasteiger partial charge is 0.416 e. The molecule has 0 amide bonds. The van der Waals surface area contributed by atoms with Crippen molar-refractivity contribution in [2.75, 3.05) is 0 Å². The molecule has 0 heterocycles. The normalized spacial score (nSPS) is 12.4. The summed E-state index contributed by atoms with van der Waals surface area (Å²) >= 11 is 0. The second-order valence-electron chi connectivity index (χ2n) is 7.14. The first-order valence-electron chi connectivity index (χ1n) is 9.43. The maximum atomic E-state index is 13.0. The first-order valence-corrected chi connectivity index (χ1v) is 9.43. The highest BCUT2D eigenvalue weighted by atomic mass is 19.4. The number of hydrogen-bond donors (Lipinski definition) is 1. The first kappa shape index (κ1) is 21.4. The van der Waals surface area contributed by atoms with Crippen molar-refractivity contribution in [2.24, 2.45) is 0 Å². The van der Waals surface area contributed by atoms with Crippen LogP contribution in [0.2, 0.25) is 0 Å².